The maximum Gasteiger partial charge on any atom is 0.339 e. The predicted octanol–water partition coefficient (Wildman–Crippen LogP) is 2.64. The first-order valence-electron chi connectivity index (χ1n) is 5.41. The highest BCUT2D eigenvalue weighted by atomic mass is 19.2. The van der Waals surface area contributed by atoms with Crippen molar-refractivity contribution in [3.63, 3.8) is 0 Å². The highest BCUT2D eigenvalue weighted by Crippen LogP contribution is 2.40. The number of ether oxygens (including phenoxy) is 1. The molecule has 0 bridgehead atoms. The average molecular weight is 260 g/mol. The molecule has 0 fully saturated rings. The molecule has 0 saturated carbocycles. The molecule has 1 aromatic carbocycles. The number of phenols is 1. The molecule has 0 aromatic heterocycles. The normalized spacial score (nSPS) is 21.3. The van der Waals surface area contributed by atoms with E-state index in [1.54, 1.807) is 0 Å². The Labute approximate surface area is 101 Å². The molecule has 1 heterocycles. The summed E-state index contributed by atoms with van der Waals surface area (Å²) in [5.41, 5.74) is 0.263. The number of cyclic esters (lactones) is 1. The fourth-order valence-electron chi connectivity index (χ4n) is 1.94. The lowest BCUT2D eigenvalue weighted by molar-refractivity contribution is 0.0227. The molecular formula is C12H11F3O3. The summed E-state index contributed by atoms with van der Waals surface area (Å²) in [4.78, 5) is 11.4. The van der Waals surface area contributed by atoms with Gasteiger partial charge >= 0.3 is 5.97 Å². The van der Waals surface area contributed by atoms with Gasteiger partial charge in [0, 0.05) is 12.0 Å². The van der Waals surface area contributed by atoms with E-state index in [-0.39, 0.29) is 16.9 Å². The van der Waals surface area contributed by atoms with Crippen molar-refractivity contribution < 1.29 is 27.8 Å². The maximum atomic E-state index is 13.3. The molecule has 1 N–H and O–H groups in total. The SMILES string of the molecule is O=C1OC(CC(F)C(F)CF)c2c(O)cccc21. The van der Waals surface area contributed by atoms with Crippen LogP contribution < -0.4 is 0 Å². The van der Waals surface area contributed by atoms with Crippen LogP contribution in [-0.4, -0.2) is 30.1 Å². The van der Waals surface area contributed by atoms with Crippen molar-refractivity contribution in [3.05, 3.63) is 29.3 Å². The number of rotatable bonds is 4. The fraction of sp³-hybridized carbons (Fsp3) is 0.417. The molecule has 0 radical (unpaired) electrons. The summed E-state index contributed by atoms with van der Waals surface area (Å²) in [6, 6.07) is 4.19. The molecular weight excluding hydrogens is 249 g/mol. The van der Waals surface area contributed by atoms with Gasteiger partial charge in [0.2, 0.25) is 0 Å². The molecule has 3 atom stereocenters. The van der Waals surface area contributed by atoms with Gasteiger partial charge in [-0.15, -0.1) is 0 Å². The van der Waals surface area contributed by atoms with E-state index in [0.717, 1.165) is 0 Å². The monoisotopic (exact) mass is 260 g/mol. The molecule has 1 aromatic rings. The molecule has 98 valence electrons. The lowest BCUT2D eigenvalue weighted by atomic mass is 9.99. The van der Waals surface area contributed by atoms with E-state index in [2.05, 4.69) is 0 Å². The Morgan fingerprint density at radius 3 is 2.72 bits per heavy atom. The Bertz CT molecular complexity index is 464. The predicted molar refractivity (Wildman–Crippen MR) is 56.6 cm³/mol. The Hall–Kier alpha value is -1.72. The van der Waals surface area contributed by atoms with Gasteiger partial charge in [-0.1, -0.05) is 6.07 Å². The minimum atomic E-state index is -2.25. The second-order valence-electron chi connectivity index (χ2n) is 4.05. The first-order chi connectivity index (χ1) is 8.54. The molecule has 0 spiro atoms. The van der Waals surface area contributed by atoms with Gasteiger partial charge in [-0.2, -0.15) is 0 Å². The van der Waals surface area contributed by atoms with Crippen molar-refractivity contribution in [1.82, 2.24) is 0 Å². The Morgan fingerprint density at radius 2 is 2.06 bits per heavy atom. The first-order valence-corrected chi connectivity index (χ1v) is 5.41. The lowest BCUT2D eigenvalue weighted by Gasteiger charge is -2.16. The van der Waals surface area contributed by atoms with E-state index in [0.29, 0.717) is 0 Å². The molecule has 2 rings (SSSR count). The smallest absolute Gasteiger partial charge is 0.339 e. The largest absolute Gasteiger partial charge is 0.508 e. The summed E-state index contributed by atoms with van der Waals surface area (Å²) in [6.07, 6.45) is -5.92. The minimum Gasteiger partial charge on any atom is -0.508 e. The summed E-state index contributed by atoms with van der Waals surface area (Å²) in [7, 11) is 0. The number of benzene rings is 1. The molecule has 0 amide bonds. The van der Waals surface area contributed by atoms with Crippen LogP contribution in [0.3, 0.4) is 0 Å². The van der Waals surface area contributed by atoms with Gasteiger partial charge in [0.05, 0.1) is 5.56 Å². The summed E-state index contributed by atoms with van der Waals surface area (Å²) in [6.45, 7) is -1.44. The van der Waals surface area contributed by atoms with E-state index in [4.69, 9.17) is 4.74 Å². The molecule has 0 saturated heterocycles. The number of hydrogen-bond donors (Lipinski definition) is 1. The topological polar surface area (TPSA) is 46.5 Å². The van der Waals surface area contributed by atoms with Crippen LogP contribution in [0.4, 0.5) is 13.2 Å². The van der Waals surface area contributed by atoms with Gasteiger partial charge in [0.15, 0.2) is 6.17 Å². The van der Waals surface area contributed by atoms with Crippen LogP contribution in [-0.2, 0) is 4.74 Å². The third kappa shape index (κ3) is 2.14. The van der Waals surface area contributed by atoms with Gasteiger partial charge < -0.3 is 9.84 Å². The third-order valence-corrected chi connectivity index (χ3v) is 2.85. The van der Waals surface area contributed by atoms with Gasteiger partial charge in [0.1, 0.15) is 24.7 Å². The number of hydrogen-bond acceptors (Lipinski definition) is 3. The summed E-state index contributed by atoms with van der Waals surface area (Å²) < 4.78 is 43.0. The third-order valence-electron chi connectivity index (χ3n) is 2.85. The van der Waals surface area contributed by atoms with Crippen molar-refractivity contribution in [1.29, 1.82) is 0 Å². The van der Waals surface area contributed by atoms with E-state index in [1.807, 2.05) is 0 Å². The molecule has 1 aliphatic heterocycles. The molecule has 0 aliphatic carbocycles. The van der Waals surface area contributed by atoms with E-state index < -0.39 is 37.5 Å². The second-order valence-corrected chi connectivity index (χ2v) is 4.05. The molecule has 3 nitrogen and oxygen atoms in total. The Kier molecular flexibility index (Phi) is 3.45. The van der Waals surface area contributed by atoms with Crippen molar-refractivity contribution >= 4 is 5.97 Å². The second kappa shape index (κ2) is 4.88. The Morgan fingerprint density at radius 1 is 1.33 bits per heavy atom. The highest BCUT2D eigenvalue weighted by molar-refractivity contribution is 5.94. The average Bonchev–Trinajstić information content (AvgIpc) is 2.66. The standard InChI is InChI=1S/C12H11F3O3/c13-5-8(15)7(14)4-10-11-6(12(17)18-10)2-1-3-9(11)16/h1-3,7-8,10,16H,4-5H2. The zero-order chi connectivity index (χ0) is 13.3. The maximum absolute atomic E-state index is 13.3. The number of phenolic OH excluding ortho intramolecular Hbond substituents is 1. The number of halogens is 3. The summed E-state index contributed by atoms with van der Waals surface area (Å²) in [5, 5.41) is 9.61. The van der Waals surface area contributed by atoms with Crippen LogP contribution in [0.25, 0.3) is 0 Å². The van der Waals surface area contributed by atoms with E-state index in [9.17, 15) is 23.1 Å². The number of aromatic hydroxyl groups is 1. The van der Waals surface area contributed by atoms with Crippen LogP contribution in [0.5, 0.6) is 5.75 Å². The zero-order valence-electron chi connectivity index (χ0n) is 9.28. The molecule has 3 unspecified atom stereocenters. The van der Waals surface area contributed by atoms with Gasteiger partial charge in [0.25, 0.3) is 0 Å². The van der Waals surface area contributed by atoms with Crippen LogP contribution >= 0.6 is 0 Å². The van der Waals surface area contributed by atoms with Crippen molar-refractivity contribution in [2.75, 3.05) is 6.67 Å². The number of alkyl halides is 3. The Balaban J connectivity index is 2.22. The quantitative estimate of drug-likeness (QED) is 0.846. The lowest BCUT2D eigenvalue weighted by Crippen LogP contribution is -2.22. The summed E-state index contributed by atoms with van der Waals surface area (Å²) >= 11 is 0. The summed E-state index contributed by atoms with van der Waals surface area (Å²) in [5.74, 6) is -0.917. The van der Waals surface area contributed by atoms with E-state index >= 15 is 0 Å². The van der Waals surface area contributed by atoms with Crippen LogP contribution in [0.1, 0.15) is 28.4 Å². The van der Waals surface area contributed by atoms with Crippen molar-refractivity contribution in [3.8, 4) is 5.75 Å². The van der Waals surface area contributed by atoms with Gasteiger partial charge in [-0.25, -0.2) is 18.0 Å². The van der Waals surface area contributed by atoms with Crippen molar-refractivity contribution in [2.45, 2.75) is 24.9 Å². The van der Waals surface area contributed by atoms with Gasteiger partial charge in [-0.05, 0) is 12.1 Å². The van der Waals surface area contributed by atoms with Crippen LogP contribution in [0.15, 0.2) is 18.2 Å². The van der Waals surface area contributed by atoms with Gasteiger partial charge in [-0.3, -0.25) is 0 Å². The van der Waals surface area contributed by atoms with Crippen LogP contribution in [0.2, 0.25) is 0 Å². The molecule has 18 heavy (non-hydrogen) atoms. The molecule has 1 aliphatic rings. The van der Waals surface area contributed by atoms with E-state index in [1.165, 1.54) is 18.2 Å². The number of carbonyl (C=O) groups is 1. The zero-order valence-corrected chi connectivity index (χ0v) is 9.28. The van der Waals surface area contributed by atoms with Crippen LogP contribution in [0, 0.1) is 0 Å². The highest BCUT2D eigenvalue weighted by Gasteiger charge is 2.37. The minimum absolute atomic E-state index is 0.128. The first kappa shape index (κ1) is 12.7. The number of carbonyl (C=O) groups excluding carboxylic acids is 1. The molecule has 6 heteroatoms. The number of esters is 1. The van der Waals surface area contributed by atoms with Crippen molar-refractivity contribution in [2.24, 2.45) is 0 Å². The number of fused-ring (bicyclic) bond motifs is 1. The fourth-order valence-corrected chi connectivity index (χ4v) is 1.94.